The first-order valence-electron chi connectivity index (χ1n) is 8.01. The van der Waals surface area contributed by atoms with Crippen LogP contribution in [-0.4, -0.2) is 46.1 Å². The molecule has 0 aromatic carbocycles. The summed E-state index contributed by atoms with van der Waals surface area (Å²) in [5, 5.41) is 5.67. The Labute approximate surface area is 165 Å². The van der Waals surface area contributed by atoms with Gasteiger partial charge in [0.1, 0.15) is 0 Å². The van der Waals surface area contributed by atoms with E-state index in [9.17, 15) is 13.2 Å². The van der Waals surface area contributed by atoms with Crippen LogP contribution in [0.3, 0.4) is 0 Å². The van der Waals surface area contributed by atoms with Gasteiger partial charge in [0.05, 0.1) is 12.8 Å². The lowest BCUT2D eigenvalue weighted by Gasteiger charge is -2.09. The summed E-state index contributed by atoms with van der Waals surface area (Å²) in [5.74, 6) is 0.0898. The largest absolute Gasteiger partial charge is 0.481 e. The molecule has 2 N–H and O–H groups in total. The predicted molar refractivity (Wildman–Crippen MR) is 100 cm³/mol. The van der Waals surface area contributed by atoms with Crippen molar-refractivity contribution in [2.75, 3.05) is 12.4 Å². The number of rotatable bonds is 5. The van der Waals surface area contributed by atoms with Gasteiger partial charge in [-0.1, -0.05) is 18.5 Å². The highest BCUT2D eigenvalue weighted by Crippen LogP contribution is 2.22. The third-order valence-corrected chi connectivity index (χ3v) is 5.27. The van der Waals surface area contributed by atoms with Gasteiger partial charge in [-0.2, -0.15) is 23.0 Å². The lowest BCUT2D eigenvalue weighted by atomic mass is 10.3. The van der Waals surface area contributed by atoms with Crippen molar-refractivity contribution in [3.05, 3.63) is 34.7 Å². The second kappa shape index (κ2) is 7.56. The lowest BCUT2D eigenvalue weighted by molar-refractivity contribution is 0.256. The minimum atomic E-state index is -4.39. The number of carbonyl (C=O) groups excluding carboxylic acids is 1. The number of halogens is 1. The van der Waals surface area contributed by atoms with Gasteiger partial charge in [0.15, 0.2) is 10.8 Å². The molecule has 0 unspecified atom stereocenters. The lowest BCUT2D eigenvalue weighted by Crippen LogP contribution is -2.35. The number of hydrogen-bond donors (Lipinski definition) is 2. The number of amides is 2. The van der Waals surface area contributed by atoms with Gasteiger partial charge in [-0.15, -0.1) is 0 Å². The molecule has 28 heavy (non-hydrogen) atoms. The van der Waals surface area contributed by atoms with E-state index in [0.717, 1.165) is 4.52 Å². The van der Waals surface area contributed by atoms with Crippen molar-refractivity contribution >= 4 is 39.3 Å². The molecule has 0 fully saturated rings. The monoisotopic (exact) mass is 425 g/mol. The number of fused-ring (bicyclic) bond motifs is 1. The van der Waals surface area contributed by atoms with Crippen molar-refractivity contribution in [3.8, 4) is 5.88 Å². The quantitative estimate of drug-likeness (QED) is 0.627. The molecular weight excluding hydrogens is 410 g/mol. The normalized spacial score (nSPS) is 11.4. The maximum absolute atomic E-state index is 12.7. The summed E-state index contributed by atoms with van der Waals surface area (Å²) in [5.41, 5.74) is 1.38. The molecule has 0 aliphatic carbocycles. The third kappa shape index (κ3) is 3.97. The van der Waals surface area contributed by atoms with Gasteiger partial charge in [0, 0.05) is 11.8 Å². The zero-order chi connectivity index (χ0) is 20.5. The average Bonchev–Trinajstić information content (AvgIpc) is 2.95. The number of nitrogens with one attached hydrogen (secondary N) is 2. The summed E-state index contributed by atoms with van der Waals surface area (Å²) in [6, 6.07) is 3.77. The van der Waals surface area contributed by atoms with Crippen LogP contribution in [0.15, 0.2) is 23.2 Å². The Hall–Kier alpha value is -2.99. The molecule has 3 aromatic heterocycles. The van der Waals surface area contributed by atoms with E-state index in [0.29, 0.717) is 17.8 Å². The van der Waals surface area contributed by atoms with Crippen LogP contribution in [0.25, 0.3) is 5.65 Å². The topological polar surface area (TPSA) is 140 Å². The van der Waals surface area contributed by atoms with Gasteiger partial charge in [0.2, 0.25) is 16.9 Å². The highest BCUT2D eigenvalue weighted by molar-refractivity contribution is 7.90. The molecule has 0 saturated heterocycles. The van der Waals surface area contributed by atoms with E-state index in [1.807, 2.05) is 11.6 Å². The van der Waals surface area contributed by atoms with Crippen molar-refractivity contribution in [1.82, 2.24) is 29.3 Å². The fraction of sp³-hybridized carbons (Fsp3) is 0.267. The number of ether oxygens (including phenoxy) is 1. The van der Waals surface area contributed by atoms with Gasteiger partial charge in [-0.3, -0.25) is 5.32 Å². The molecule has 0 bridgehead atoms. The number of aryl methyl sites for hydroxylation is 2. The molecule has 3 rings (SSSR count). The number of sulfonamides is 1. The summed E-state index contributed by atoms with van der Waals surface area (Å²) in [4.78, 5) is 24.1. The SMILES string of the molecule is CCc1ccc2nc(Cl)c(S(=O)(=O)NC(=O)Nc3nc(C)cc(OC)n3)n2n1. The summed E-state index contributed by atoms with van der Waals surface area (Å²) in [6.07, 6.45) is 0.575. The Morgan fingerprint density at radius 1 is 1.29 bits per heavy atom. The fourth-order valence-corrected chi connectivity index (χ4v) is 3.83. The highest BCUT2D eigenvalue weighted by atomic mass is 35.5. The van der Waals surface area contributed by atoms with Crippen LogP contribution in [0.4, 0.5) is 10.7 Å². The number of aromatic nitrogens is 5. The summed E-state index contributed by atoms with van der Waals surface area (Å²) in [6.45, 7) is 3.53. The standard InChI is InChI=1S/C15H16ClN7O4S/c1-4-9-5-6-10-18-12(16)13(23(10)21-9)28(25,26)22-15(24)20-14-17-8(2)7-11(19-14)27-3/h5-7H,4H2,1-3H3,(H2,17,19,20,22,24). The van der Waals surface area contributed by atoms with Crippen molar-refractivity contribution in [1.29, 1.82) is 0 Å². The molecule has 0 aliphatic heterocycles. The Balaban J connectivity index is 1.90. The molecule has 3 aromatic rings. The first-order valence-corrected chi connectivity index (χ1v) is 9.87. The highest BCUT2D eigenvalue weighted by Gasteiger charge is 2.28. The van der Waals surface area contributed by atoms with Crippen LogP contribution in [0, 0.1) is 6.92 Å². The molecular formula is C15H16ClN7O4S. The Morgan fingerprint density at radius 3 is 2.71 bits per heavy atom. The third-order valence-electron chi connectivity index (χ3n) is 3.56. The van der Waals surface area contributed by atoms with Gasteiger partial charge in [-0.05, 0) is 25.5 Å². The number of hydrogen-bond acceptors (Lipinski definition) is 8. The van der Waals surface area contributed by atoms with E-state index in [4.69, 9.17) is 16.3 Å². The second-order valence-corrected chi connectivity index (χ2v) is 7.55. The molecule has 0 aliphatic rings. The van der Waals surface area contributed by atoms with E-state index in [-0.39, 0.29) is 22.6 Å². The Bertz CT molecular complexity index is 1160. The number of imidazole rings is 1. The zero-order valence-electron chi connectivity index (χ0n) is 15.1. The molecule has 2 amide bonds. The first kappa shape index (κ1) is 19.8. The van der Waals surface area contributed by atoms with E-state index >= 15 is 0 Å². The van der Waals surface area contributed by atoms with Crippen LogP contribution in [0.1, 0.15) is 18.3 Å². The number of methoxy groups -OCH3 is 1. The fourth-order valence-electron chi connectivity index (χ4n) is 2.34. The van der Waals surface area contributed by atoms with Crippen LogP contribution in [0.5, 0.6) is 5.88 Å². The second-order valence-electron chi connectivity index (χ2n) is 5.59. The molecule has 11 nitrogen and oxygen atoms in total. The van der Waals surface area contributed by atoms with Crippen LogP contribution >= 0.6 is 11.6 Å². The van der Waals surface area contributed by atoms with Crippen molar-refractivity contribution in [2.45, 2.75) is 25.3 Å². The minimum Gasteiger partial charge on any atom is -0.481 e. The first-order chi connectivity index (χ1) is 13.2. The Morgan fingerprint density at radius 2 is 2.04 bits per heavy atom. The van der Waals surface area contributed by atoms with Crippen LogP contribution in [0.2, 0.25) is 5.15 Å². The molecule has 0 spiro atoms. The van der Waals surface area contributed by atoms with E-state index in [1.54, 1.807) is 25.1 Å². The van der Waals surface area contributed by atoms with Crippen LogP contribution < -0.4 is 14.8 Å². The maximum Gasteiger partial charge on any atom is 0.335 e. The molecule has 0 saturated carbocycles. The number of carbonyl (C=O) groups is 1. The summed E-state index contributed by atoms with van der Waals surface area (Å²) in [7, 11) is -2.98. The smallest absolute Gasteiger partial charge is 0.335 e. The number of urea groups is 1. The molecule has 13 heteroatoms. The Kier molecular flexibility index (Phi) is 5.34. The van der Waals surface area contributed by atoms with Crippen molar-refractivity contribution < 1.29 is 17.9 Å². The minimum absolute atomic E-state index is 0.125. The maximum atomic E-state index is 12.7. The average molecular weight is 426 g/mol. The predicted octanol–water partition coefficient (Wildman–Crippen LogP) is 1.56. The van der Waals surface area contributed by atoms with E-state index in [1.165, 1.54) is 7.11 Å². The van der Waals surface area contributed by atoms with Gasteiger partial charge in [0.25, 0.3) is 10.0 Å². The molecule has 0 radical (unpaired) electrons. The van der Waals surface area contributed by atoms with E-state index < -0.39 is 21.1 Å². The van der Waals surface area contributed by atoms with Crippen molar-refractivity contribution in [2.24, 2.45) is 0 Å². The van der Waals surface area contributed by atoms with Crippen molar-refractivity contribution in [3.63, 3.8) is 0 Å². The molecule has 3 heterocycles. The van der Waals surface area contributed by atoms with Gasteiger partial charge in [-0.25, -0.2) is 19.5 Å². The van der Waals surface area contributed by atoms with Gasteiger partial charge < -0.3 is 4.74 Å². The molecule has 148 valence electrons. The zero-order valence-corrected chi connectivity index (χ0v) is 16.7. The molecule has 0 atom stereocenters. The summed E-state index contributed by atoms with van der Waals surface area (Å²) < 4.78 is 33.3. The number of anilines is 1. The van der Waals surface area contributed by atoms with E-state index in [2.05, 4.69) is 25.4 Å². The van der Waals surface area contributed by atoms with Gasteiger partial charge >= 0.3 is 6.03 Å². The number of nitrogens with zero attached hydrogens (tertiary/aromatic N) is 5. The summed E-state index contributed by atoms with van der Waals surface area (Å²) >= 11 is 5.99. The van der Waals surface area contributed by atoms with Crippen LogP contribution in [-0.2, 0) is 16.4 Å².